The summed E-state index contributed by atoms with van der Waals surface area (Å²) in [6, 6.07) is 10.9. The van der Waals surface area contributed by atoms with Crippen LogP contribution in [0, 0.1) is 11.2 Å². The van der Waals surface area contributed by atoms with Crippen LogP contribution in [-0.2, 0) is 6.61 Å². The Morgan fingerprint density at radius 3 is 2.74 bits per heavy atom. The minimum Gasteiger partial charge on any atom is -0.488 e. The van der Waals surface area contributed by atoms with E-state index in [0.717, 1.165) is 0 Å². The molecule has 0 amide bonds. The van der Waals surface area contributed by atoms with Gasteiger partial charge in [-0.2, -0.15) is 0 Å². The van der Waals surface area contributed by atoms with Crippen LogP contribution in [0.4, 0.5) is 4.39 Å². The van der Waals surface area contributed by atoms with Crippen molar-refractivity contribution >= 4 is 17.4 Å². The van der Waals surface area contributed by atoms with Crippen LogP contribution < -0.4 is 10.5 Å². The van der Waals surface area contributed by atoms with Gasteiger partial charge in [0.05, 0.1) is 5.56 Å². The van der Waals surface area contributed by atoms with E-state index in [0.29, 0.717) is 21.9 Å². The Kier molecular flexibility index (Phi) is 4.02. The van der Waals surface area contributed by atoms with Crippen LogP contribution in [0.5, 0.6) is 5.75 Å². The lowest BCUT2D eigenvalue weighted by molar-refractivity contribution is 0.305. The van der Waals surface area contributed by atoms with Crippen molar-refractivity contribution in [3.63, 3.8) is 0 Å². The lowest BCUT2D eigenvalue weighted by Gasteiger charge is -2.11. The summed E-state index contributed by atoms with van der Waals surface area (Å²) in [6.45, 7) is 0.179. The first-order valence-corrected chi connectivity index (χ1v) is 5.95. The molecule has 2 aromatic rings. The first-order chi connectivity index (χ1) is 9.06. The first-order valence-electron chi connectivity index (χ1n) is 5.57. The van der Waals surface area contributed by atoms with Gasteiger partial charge in [0.15, 0.2) is 0 Å². The monoisotopic (exact) mass is 278 g/mol. The number of hydrogen-bond acceptors (Lipinski definition) is 2. The van der Waals surface area contributed by atoms with Crippen molar-refractivity contribution in [2.45, 2.75) is 6.61 Å². The van der Waals surface area contributed by atoms with E-state index in [1.54, 1.807) is 30.3 Å². The molecule has 0 saturated carbocycles. The van der Waals surface area contributed by atoms with Gasteiger partial charge < -0.3 is 10.5 Å². The largest absolute Gasteiger partial charge is 0.488 e. The van der Waals surface area contributed by atoms with E-state index >= 15 is 0 Å². The molecule has 3 nitrogen and oxygen atoms in total. The van der Waals surface area contributed by atoms with Crippen LogP contribution in [0.3, 0.4) is 0 Å². The van der Waals surface area contributed by atoms with E-state index in [1.807, 2.05) is 0 Å². The predicted molar refractivity (Wildman–Crippen MR) is 73.2 cm³/mol. The fourth-order valence-corrected chi connectivity index (χ4v) is 1.79. The molecule has 3 N–H and O–H groups in total. The van der Waals surface area contributed by atoms with Crippen LogP contribution in [0.2, 0.25) is 5.02 Å². The molecule has 0 fully saturated rings. The first kappa shape index (κ1) is 13.4. The third-order valence-corrected chi connectivity index (χ3v) is 2.75. The van der Waals surface area contributed by atoms with Crippen molar-refractivity contribution in [1.82, 2.24) is 0 Å². The molecule has 0 atom stereocenters. The van der Waals surface area contributed by atoms with Gasteiger partial charge in [-0.25, -0.2) is 4.39 Å². The molecule has 0 aliphatic rings. The molecule has 0 spiro atoms. The van der Waals surface area contributed by atoms with E-state index in [9.17, 15) is 4.39 Å². The van der Waals surface area contributed by atoms with Gasteiger partial charge in [0.25, 0.3) is 0 Å². The molecule has 0 saturated heterocycles. The summed E-state index contributed by atoms with van der Waals surface area (Å²) in [5.74, 6) is -0.0193. The fraction of sp³-hybridized carbons (Fsp3) is 0.0714. The molecule has 0 unspecified atom stereocenters. The summed E-state index contributed by atoms with van der Waals surface area (Å²) in [7, 11) is 0. The minimum atomic E-state index is -0.320. The number of rotatable bonds is 4. The van der Waals surface area contributed by atoms with Crippen LogP contribution in [0.15, 0.2) is 42.5 Å². The molecule has 0 aliphatic carbocycles. The average molecular weight is 279 g/mol. The third kappa shape index (κ3) is 3.45. The van der Waals surface area contributed by atoms with Crippen LogP contribution in [0.1, 0.15) is 11.1 Å². The van der Waals surface area contributed by atoms with Crippen molar-refractivity contribution in [3.05, 3.63) is 64.4 Å². The highest BCUT2D eigenvalue weighted by atomic mass is 35.5. The van der Waals surface area contributed by atoms with E-state index in [-0.39, 0.29) is 18.3 Å². The Morgan fingerprint density at radius 2 is 2.05 bits per heavy atom. The number of nitrogen functional groups attached to an aromatic ring is 1. The topological polar surface area (TPSA) is 59.1 Å². The van der Waals surface area contributed by atoms with Crippen molar-refractivity contribution < 1.29 is 9.13 Å². The van der Waals surface area contributed by atoms with Crippen LogP contribution in [0.25, 0.3) is 0 Å². The van der Waals surface area contributed by atoms with Gasteiger partial charge >= 0.3 is 0 Å². The van der Waals surface area contributed by atoms with Gasteiger partial charge in [-0.05, 0) is 35.9 Å². The minimum absolute atomic E-state index is 0.106. The van der Waals surface area contributed by atoms with Gasteiger partial charge in [0, 0.05) is 5.02 Å². The summed E-state index contributed by atoms with van der Waals surface area (Å²) < 4.78 is 18.6. The number of amidine groups is 1. The van der Waals surface area contributed by atoms with Crippen LogP contribution >= 0.6 is 11.6 Å². The highest BCUT2D eigenvalue weighted by molar-refractivity contribution is 6.30. The number of benzene rings is 2. The normalized spacial score (nSPS) is 10.2. The Hall–Kier alpha value is -2.07. The molecule has 0 aromatic heterocycles. The summed E-state index contributed by atoms with van der Waals surface area (Å²) in [5.41, 5.74) is 6.61. The summed E-state index contributed by atoms with van der Waals surface area (Å²) in [4.78, 5) is 0. The van der Waals surface area contributed by atoms with Gasteiger partial charge in [-0.3, -0.25) is 5.41 Å². The maximum atomic E-state index is 13.0. The number of nitrogens with one attached hydrogen (secondary N) is 1. The predicted octanol–water partition coefficient (Wildman–Crippen LogP) is 3.34. The molecule has 98 valence electrons. The van der Waals surface area contributed by atoms with Crippen molar-refractivity contribution in [2.24, 2.45) is 5.73 Å². The Bertz CT molecular complexity index is 616. The Morgan fingerprint density at radius 1 is 1.26 bits per heavy atom. The molecule has 5 heteroatoms. The SMILES string of the molecule is N=C(N)c1ccc(Cl)cc1OCc1cccc(F)c1. The van der Waals surface area contributed by atoms with E-state index in [2.05, 4.69) is 0 Å². The third-order valence-electron chi connectivity index (χ3n) is 2.52. The molecule has 0 bridgehead atoms. The zero-order chi connectivity index (χ0) is 13.8. The molecular formula is C14H12ClFN2O. The number of hydrogen-bond donors (Lipinski definition) is 2. The zero-order valence-electron chi connectivity index (χ0n) is 9.99. The second-order valence-corrected chi connectivity index (χ2v) is 4.41. The fourth-order valence-electron chi connectivity index (χ4n) is 1.63. The molecule has 19 heavy (non-hydrogen) atoms. The average Bonchev–Trinajstić information content (AvgIpc) is 2.36. The Labute approximate surface area is 115 Å². The molecule has 2 rings (SSSR count). The Balaban J connectivity index is 2.19. The van der Waals surface area contributed by atoms with Crippen LogP contribution in [-0.4, -0.2) is 5.84 Å². The smallest absolute Gasteiger partial charge is 0.132 e. The highest BCUT2D eigenvalue weighted by Gasteiger charge is 2.08. The summed E-state index contributed by atoms with van der Waals surface area (Å²) in [5, 5.41) is 7.94. The van der Waals surface area contributed by atoms with Crippen molar-refractivity contribution in [3.8, 4) is 5.75 Å². The second kappa shape index (κ2) is 5.71. The van der Waals surface area contributed by atoms with E-state index in [1.165, 1.54) is 12.1 Å². The molecule has 0 radical (unpaired) electrons. The van der Waals surface area contributed by atoms with E-state index in [4.69, 9.17) is 27.5 Å². The lowest BCUT2D eigenvalue weighted by Crippen LogP contribution is -2.13. The molecule has 0 heterocycles. The van der Waals surface area contributed by atoms with Gasteiger partial charge in [0.2, 0.25) is 0 Å². The summed E-state index contributed by atoms with van der Waals surface area (Å²) >= 11 is 5.88. The number of halogens is 2. The van der Waals surface area contributed by atoms with E-state index < -0.39 is 0 Å². The van der Waals surface area contributed by atoms with Gasteiger partial charge in [-0.15, -0.1) is 0 Å². The molecule has 2 aromatic carbocycles. The van der Waals surface area contributed by atoms with Gasteiger partial charge in [0.1, 0.15) is 24.0 Å². The molecule has 0 aliphatic heterocycles. The highest BCUT2D eigenvalue weighted by Crippen LogP contribution is 2.24. The molecular weight excluding hydrogens is 267 g/mol. The van der Waals surface area contributed by atoms with Crippen molar-refractivity contribution in [1.29, 1.82) is 5.41 Å². The van der Waals surface area contributed by atoms with Gasteiger partial charge in [-0.1, -0.05) is 23.7 Å². The summed E-state index contributed by atoms with van der Waals surface area (Å²) in [6.07, 6.45) is 0. The quantitative estimate of drug-likeness (QED) is 0.666. The second-order valence-electron chi connectivity index (χ2n) is 3.97. The maximum absolute atomic E-state index is 13.0. The van der Waals surface area contributed by atoms with Crippen molar-refractivity contribution in [2.75, 3.05) is 0 Å². The lowest BCUT2D eigenvalue weighted by atomic mass is 10.2. The number of nitrogens with two attached hydrogens (primary N) is 1. The standard InChI is InChI=1S/C14H12ClFN2O/c15-10-4-5-12(14(17)18)13(7-10)19-8-9-2-1-3-11(16)6-9/h1-7H,8H2,(H3,17,18). The maximum Gasteiger partial charge on any atom is 0.132 e. The zero-order valence-corrected chi connectivity index (χ0v) is 10.7. The number of ether oxygens (including phenoxy) is 1.